The van der Waals surface area contributed by atoms with E-state index in [1.54, 1.807) is 42.5 Å². The van der Waals surface area contributed by atoms with Gasteiger partial charge in [0.2, 0.25) is 5.91 Å². The molecule has 0 radical (unpaired) electrons. The Labute approximate surface area is 181 Å². The molecule has 0 spiro atoms. The molecule has 2 aromatic rings. The number of nitrogens with zero attached hydrogens (tertiary/aromatic N) is 1. The Bertz CT molecular complexity index is 935. The number of nitrogens with one attached hydrogen (secondary N) is 1. The Morgan fingerprint density at radius 2 is 1.87 bits per heavy atom. The smallest absolute Gasteiger partial charge is 0.253 e. The summed E-state index contributed by atoms with van der Waals surface area (Å²) < 4.78 is 10.8. The lowest BCUT2D eigenvalue weighted by Gasteiger charge is -2.15. The number of hydrogen-bond acceptors (Lipinski definition) is 4. The number of ether oxygens (including phenoxy) is 2. The highest BCUT2D eigenvalue weighted by Crippen LogP contribution is 2.36. The van der Waals surface area contributed by atoms with E-state index in [-0.39, 0.29) is 11.8 Å². The molecule has 7 heteroatoms. The van der Waals surface area contributed by atoms with Crippen molar-refractivity contribution in [2.45, 2.75) is 19.8 Å². The fourth-order valence-corrected chi connectivity index (χ4v) is 3.60. The van der Waals surface area contributed by atoms with Crippen molar-refractivity contribution in [1.29, 1.82) is 0 Å². The highest BCUT2D eigenvalue weighted by atomic mass is 35.5. The summed E-state index contributed by atoms with van der Waals surface area (Å²) in [5, 5.41) is 3.19. The molecule has 0 unspecified atom stereocenters. The molecule has 30 heavy (non-hydrogen) atoms. The van der Waals surface area contributed by atoms with Gasteiger partial charge in [-0.2, -0.15) is 0 Å². The van der Waals surface area contributed by atoms with E-state index in [0.29, 0.717) is 39.9 Å². The van der Waals surface area contributed by atoms with Crippen LogP contribution >= 0.6 is 11.6 Å². The molecule has 0 atom stereocenters. The number of carbonyl (C=O) groups is 2. The Balaban J connectivity index is 1.64. The summed E-state index contributed by atoms with van der Waals surface area (Å²) in [7, 11) is 1.52. The predicted molar refractivity (Wildman–Crippen MR) is 118 cm³/mol. The molecule has 1 fully saturated rings. The summed E-state index contributed by atoms with van der Waals surface area (Å²) in [6.07, 6.45) is 5.17. The molecular formula is C23H25ClN2O4. The minimum atomic E-state index is -0.293. The van der Waals surface area contributed by atoms with Gasteiger partial charge in [0.25, 0.3) is 5.91 Å². The van der Waals surface area contributed by atoms with Gasteiger partial charge < -0.3 is 19.7 Å². The molecule has 0 aromatic heterocycles. The normalized spacial score (nSPS) is 13.5. The van der Waals surface area contributed by atoms with Gasteiger partial charge in [0.1, 0.15) is 0 Å². The lowest BCUT2D eigenvalue weighted by atomic mass is 10.1. The topological polar surface area (TPSA) is 67.9 Å². The molecule has 1 aliphatic heterocycles. The molecule has 1 heterocycles. The zero-order valence-corrected chi connectivity index (χ0v) is 17.9. The number of halogens is 1. The second-order valence-electron chi connectivity index (χ2n) is 6.87. The van der Waals surface area contributed by atoms with Crippen molar-refractivity contribution in [3.63, 3.8) is 0 Å². The Morgan fingerprint density at radius 3 is 2.50 bits per heavy atom. The first-order valence-electron chi connectivity index (χ1n) is 9.90. The second-order valence-corrected chi connectivity index (χ2v) is 7.27. The van der Waals surface area contributed by atoms with Crippen LogP contribution in [0.5, 0.6) is 11.5 Å². The number of amides is 2. The quantitative estimate of drug-likeness (QED) is 0.652. The molecule has 1 saturated heterocycles. The molecule has 0 saturated carbocycles. The first-order chi connectivity index (χ1) is 14.5. The van der Waals surface area contributed by atoms with Crippen molar-refractivity contribution in [2.24, 2.45) is 0 Å². The van der Waals surface area contributed by atoms with Crippen molar-refractivity contribution < 1.29 is 19.1 Å². The van der Waals surface area contributed by atoms with Crippen LogP contribution in [0.2, 0.25) is 5.02 Å². The van der Waals surface area contributed by atoms with E-state index >= 15 is 0 Å². The molecule has 6 nitrogen and oxygen atoms in total. The van der Waals surface area contributed by atoms with Crippen LogP contribution in [0.4, 0.5) is 5.69 Å². The van der Waals surface area contributed by atoms with Gasteiger partial charge in [-0.25, -0.2) is 0 Å². The average molecular weight is 429 g/mol. The van der Waals surface area contributed by atoms with E-state index in [1.807, 2.05) is 11.8 Å². The molecule has 158 valence electrons. The van der Waals surface area contributed by atoms with E-state index in [2.05, 4.69) is 5.32 Å². The maximum atomic E-state index is 12.4. The maximum absolute atomic E-state index is 12.4. The third-order valence-electron chi connectivity index (χ3n) is 4.76. The number of hydrogen-bond donors (Lipinski definition) is 1. The monoisotopic (exact) mass is 428 g/mol. The van der Waals surface area contributed by atoms with Crippen LogP contribution in [0, 0.1) is 0 Å². The molecular weight excluding hydrogens is 404 g/mol. The van der Waals surface area contributed by atoms with Crippen LogP contribution in [0.25, 0.3) is 6.08 Å². The van der Waals surface area contributed by atoms with Gasteiger partial charge in [0, 0.05) is 30.4 Å². The van der Waals surface area contributed by atoms with Crippen molar-refractivity contribution in [1.82, 2.24) is 4.90 Å². The standard InChI is InChI=1S/C23H25ClN2O4/c1-3-30-20-15-16(14-19(24)22(20)29-2)6-11-21(27)25-18-9-7-17(8-10-18)23(28)26-12-4-5-13-26/h6-11,14-15H,3-5,12-13H2,1-2H3,(H,25,27)/b11-6+. The van der Waals surface area contributed by atoms with E-state index in [1.165, 1.54) is 13.2 Å². The summed E-state index contributed by atoms with van der Waals surface area (Å²) in [4.78, 5) is 26.5. The van der Waals surface area contributed by atoms with Gasteiger partial charge in [-0.05, 0) is 67.8 Å². The highest BCUT2D eigenvalue weighted by molar-refractivity contribution is 6.32. The van der Waals surface area contributed by atoms with Gasteiger partial charge in [-0.1, -0.05) is 11.6 Å². The average Bonchev–Trinajstić information content (AvgIpc) is 3.27. The molecule has 1 N–H and O–H groups in total. The molecule has 0 aliphatic carbocycles. The van der Waals surface area contributed by atoms with E-state index in [0.717, 1.165) is 25.9 Å². The number of likely N-dealkylation sites (tertiary alicyclic amines) is 1. The lowest BCUT2D eigenvalue weighted by molar-refractivity contribution is -0.111. The minimum absolute atomic E-state index is 0.0340. The maximum Gasteiger partial charge on any atom is 0.253 e. The van der Waals surface area contributed by atoms with Crippen molar-refractivity contribution >= 4 is 35.2 Å². The van der Waals surface area contributed by atoms with Gasteiger partial charge >= 0.3 is 0 Å². The van der Waals surface area contributed by atoms with Gasteiger partial charge in [-0.3, -0.25) is 9.59 Å². The van der Waals surface area contributed by atoms with E-state index < -0.39 is 0 Å². The SMILES string of the molecule is CCOc1cc(/C=C/C(=O)Nc2ccc(C(=O)N3CCCC3)cc2)cc(Cl)c1OC. The first-order valence-corrected chi connectivity index (χ1v) is 10.3. The summed E-state index contributed by atoms with van der Waals surface area (Å²) in [6.45, 7) is 3.95. The van der Waals surface area contributed by atoms with Crippen LogP contribution in [-0.4, -0.2) is 43.5 Å². The number of anilines is 1. The van der Waals surface area contributed by atoms with Gasteiger partial charge in [0.15, 0.2) is 11.5 Å². The van der Waals surface area contributed by atoms with Crippen molar-refractivity contribution in [2.75, 3.05) is 32.1 Å². The summed E-state index contributed by atoms with van der Waals surface area (Å²) >= 11 is 6.23. The Kier molecular flexibility index (Phi) is 7.36. The third kappa shape index (κ3) is 5.33. The van der Waals surface area contributed by atoms with Crippen LogP contribution in [0.15, 0.2) is 42.5 Å². The number of rotatable bonds is 7. The second kappa shape index (κ2) is 10.2. The molecule has 2 aromatic carbocycles. The molecule has 1 aliphatic rings. The van der Waals surface area contributed by atoms with Crippen molar-refractivity contribution in [3.05, 3.63) is 58.6 Å². The molecule has 3 rings (SSSR count). The Hall–Kier alpha value is -2.99. The van der Waals surface area contributed by atoms with E-state index in [9.17, 15) is 9.59 Å². The van der Waals surface area contributed by atoms with Crippen LogP contribution in [-0.2, 0) is 4.79 Å². The fourth-order valence-electron chi connectivity index (χ4n) is 3.30. The minimum Gasteiger partial charge on any atom is -0.491 e. The third-order valence-corrected chi connectivity index (χ3v) is 5.04. The van der Waals surface area contributed by atoms with Gasteiger partial charge in [0.05, 0.1) is 18.7 Å². The van der Waals surface area contributed by atoms with E-state index in [4.69, 9.17) is 21.1 Å². The lowest BCUT2D eigenvalue weighted by Crippen LogP contribution is -2.27. The van der Waals surface area contributed by atoms with Crippen LogP contribution in [0.3, 0.4) is 0 Å². The van der Waals surface area contributed by atoms with Crippen LogP contribution < -0.4 is 14.8 Å². The molecule has 2 amide bonds. The van der Waals surface area contributed by atoms with Gasteiger partial charge in [-0.15, -0.1) is 0 Å². The first kappa shape index (κ1) is 21.7. The summed E-state index contributed by atoms with van der Waals surface area (Å²) in [5.41, 5.74) is 1.96. The highest BCUT2D eigenvalue weighted by Gasteiger charge is 2.19. The number of benzene rings is 2. The zero-order valence-electron chi connectivity index (χ0n) is 17.1. The predicted octanol–water partition coefficient (Wildman–Crippen LogP) is 4.64. The summed E-state index contributed by atoms with van der Waals surface area (Å²) in [5.74, 6) is 0.722. The zero-order chi connectivity index (χ0) is 21.5. The fraction of sp³-hybridized carbons (Fsp3) is 0.304. The Morgan fingerprint density at radius 1 is 1.17 bits per heavy atom. The summed E-state index contributed by atoms with van der Waals surface area (Å²) in [6, 6.07) is 10.4. The molecule has 0 bridgehead atoms. The van der Waals surface area contributed by atoms with Crippen LogP contribution in [0.1, 0.15) is 35.7 Å². The largest absolute Gasteiger partial charge is 0.491 e. The van der Waals surface area contributed by atoms with Crippen molar-refractivity contribution in [3.8, 4) is 11.5 Å². The number of carbonyl (C=O) groups excluding carboxylic acids is 2. The number of methoxy groups -OCH3 is 1.